The minimum Gasteiger partial charge on any atom is -0.452 e. The van der Waals surface area contributed by atoms with Crippen molar-refractivity contribution in [3.63, 3.8) is 0 Å². The van der Waals surface area contributed by atoms with Crippen LogP contribution in [0, 0.1) is 18.3 Å². The third-order valence-electron chi connectivity index (χ3n) is 4.04. The highest BCUT2D eigenvalue weighted by Crippen LogP contribution is 2.22. The molecule has 0 saturated heterocycles. The lowest BCUT2D eigenvalue weighted by Crippen LogP contribution is -2.29. The predicted molar refractivity (Wildman–Crippen MR) is 107 cm³/mol. The molecule has 0 aliphatic heterocycles. The number of hydrogen-bond acceptors (Lipinski definition) is 6. The van der Waals surface area contributed by atoms with Gasteiger partial charge >= 0.3 is 5.97 Å². The van der Waals surface area contributed by atoms with Gasteiger partial charge in [0.05, 0.1) is 28.6 Å². The number of nitrogens with zero attached hydrogens (tertiary/aromatic N) is 2. The molecule has 0 atom stereocenters. The topological polar surface area (TPSA) is 117 Å². The van der Waals surface area contributed by atoms with E-state index in [2.05, 4.69) is 5.32 Å². The van der Waals surface area contributed by atoms with E-state index in [1.54, 1.807) is 12.1 Å². The van der Waals surface area contributed by atoms with Gasteiger partial charge in [-0.25, -0.2) is 13.2 Å². The summed E-state index contributed by atoms with van der Waals surface area (Å²) in [6, 6.07) is 14.2. The Balaban J connectivity index is 2.02. The zero-order valence-corrected chi connectivity index (χ0v) is 16.9. The largest absolute Gasteiger partial charge is 0.452 e. The first-order valence-corrected chi connectivity index (χ1v) is 10.2. The van der Waals surface area contributed by atoms with Crippen LogP contribution in [-0.2, 0) is 19.6 Å². The van der Waals surface area contributed by atoms with Gasteiger partial charge in [0.2, 0.25) is 0 Å². The van der Waals surface area contributed by atoms with E-state index < -0.39 is 28.5 Å². The number of rotatable bonds is 8. The lowest BCUT2D eigenvalue weighted by molar-refractivity contribution is -0.124. The van der Waals surface area contributed by atoms with E-state index in [0.29, 0.717) is 5.69 Å². The monoisotopic (exact) mass is 415 g/mol. The number of nitriles is 1. The summed E-state index contributed by atoms with van der Waals surface area (Å²) in [5, 5.41) is 10.8. The van der Waals surface area contributed by atoms with E-state index in [9.17, 15) is 18.0 Å². The molecule has 0 aliphatic carbocycles. The predicted octanol–water partition coefficient (Wildman–Crippen LogP) is 2.01. The number of amides is 1. The summed E-state index contributed by atoms with van der Waals surface area (Å²) in [5.74, 6) is -1.22. The molecular weight excluding hydrogens is 394 g/mol. The number of hydrogen-bond donors (Lipinski definition) is 1. The SMILES string of the molecule is Cc1ccc(S(=O)(=O)N(C)c2ccc(C(=O)OCC(=O)NCCC#N)cc2)cc1. The average molecular weight is 415 g/mol. The Hall–Kier alpha value is -3.38. The summed E-state index contributed by atoms with van der Waals surface area (Å²) in [6.07, 6.45) is 0.167. The summed E-state index contributed by atoms with van der Waals surface area (Å²) in [6.45, 7) is 1.59. The van der Waals surface area contributed by atoms with Crippen molar-refractivity contribution in [1.29, 1.82) is 5.26 Å². The molecule has 1 amide bonds. The lowest BCUT2D eigenvalue weighted by Gasteiger charge is -2.19. The van der Waals surface area contributed by atoms with Crippen molar-refractivity contribution in [3.8, 4) is 6.07 Å². The zero-order chi connectivity index (χ0) is 21.4. The van der Waals surface area contributed by atoms with E-state index in [0.717, 1.165) is 9.87 Å². The molecule has 2 aromatic rings. The maximum atomic E-state index is 12.7. The highest BCUT2D eigenvalue weighted by molar-refractivity contribution is 7.92. The maximum absolute atomic E-state index is 12.7. The van der Waals surface area contributed by atoms with Crippen LogP contribution in [0.2, 0.25) is 0 Å². The van der Waals surface area contributed by atoms with Crippen LogP contribution in [0.4, 0.5) is 5.69 Å². The molecule has 2 aromatic carbocycles. The van der Waals surface area contributed by atoms with Gasteiger partial charge in [-0.2, -0.15) is 5.26 Å². The Morgan fingerprint density at radius 1 is 1.10 bits per heavy atom. The number of carbonyl (C=O) groups is 2. The smallest absolute Gasteiger partial charge is 0.338 e. The van der Waals surface area contributed by atoms with Crippen LogP contribution in [0.25, 0.3) is 0 Å². The molecule has 0 bridgehead atoms. The van der Waals surface area contributed by atoms with Gasteiger partial charge in [-0.05, 0) is 43.3 Å². The van der Waals surface area contributed by atoms with Crippen LogP contribution in [0.1, 0.15) is 22.3 Å². The fourth-order valence-corrected chi connectivity index (χ4v) is 3.53. The molecule has 0 aliphatic rings. The molecule has 0 unspecified atom stereocenters. The molecule has 0 aromatic heterocycles. The van der Waals surface area contributed by atoms with Crippen LogP contribution in [0.3, 0.4) is 0 Å². The number of benzene rings is 2. The van der Waals surface area contributed by atoms with Gasteiger partial charge in [0.15, 0.2) is 6.61 Å². The minimum atomic E-state index is -3.73. The van der Waals surface area contributed by atoms with Crippen molar-refractivity contribution in [3.05, 3.63) is 59.7 Å². The molecule has 152 valence electrons. The molecule has 0 radical (unpaired) electrons. The third kappa shape index (κ3) is 5.80. The van der Waals surface area contributed by atoms with Gasteiger partial charge in [0.1, 0.15) is 0 Å². The second-order valence-electron chi connectivity index (χ2n) is 6.17. The van der Waals surface area contributed by atoms with Crippen molar-refractivity contribution in [2.45, 2.75) is 18.2 Å². The summed E-state index contributed by atoms with van der Waals surface area (Å²) in [7, 11) is -2.31. The fourth-order valence-electron chi connectivity index (χ4n) is 2.34. The van der Waals surface area contributed by atoms with E-state index in [4.69, 9.17) is 10.00 Å². The summed E-state index contributed by atoms with van der Waals surface area (Å²) < 4.78 is 31.5. The van der Waals surface area contributed by atoms with Gasteiger partial charge in [0, 0.05) is 13.6 Å². The van der Waals surface area contributed by atoms with Crippen LogP contribution in [0.5, 0.6) is 0 Å². The lowest BCUT2D eigenvalue weighted by atomic mass is 10.2. The first-order valence-electron chi connectivity index (χ1n) is 8.72. The first-order chi connectivity index (χ1) is 13.8. The normalized spacial score (nSPS) is 10.7. The van der Waals surface area contributed by atoms with Crippen LogP contribution < -0.4 is 9.62 Å². The Kier molecular flexibility index (Phi) is 7.33. The van der Waals surface area contributed by atoms with Crippen LogP contribution in [0.15, 0.2) is 53.4 Å². The third-order valence-corrected chi connectivity index (χ3v) is 5.84. The van der Waals surface area contributed by atoms with E-state index in [-0.39, 0.29) is 23.4 Å². The number of aryl methyl sites for hydroxylation is 1. The Bertz CT molecular complexity index is 1010. The van der Waals surface area contributed by atoms with Gasteiger partial charge in [-0.3, -0.25) is 9.10 Å². The summed E-state index contributed by atoms with van der Waals surface area (Å²) >= 11 is 0. The maximum Gasteiger partial charge on any atom is 0.338 e. The molecule has 0 fully saturated rings. The molecular formula is C20H21N3O5S. The zero-order valence-electron chi connectivity index (χ0n) is 16.1. The van der Waals surface area contributed by atoms with Crippen LogP contribution >= 0.6 is 0 Å². The Morgan fingerprint density at radius 2 is 1.72 bits per heavy atom. The number of ether oxygens (including phenoxy) is 1. The summed E-state index contributed by atoms with van der Waals surface area (Å²) in [5.41, 5.74) is 1.50. The number of nitrogens with one attached hydrogen (secondary N) is 1. The quantitative estimate of drug-likeness (QED) is 0.521. The fraction of sp³-hybridized carbons (Fsp3) is 0.250. The van der Waals surface area contributed by atoms with E-state index in [1.165, 1.54) is 43.4 Å². The van der Waals surface area contributed by atoms with Gasteiger partial charge < -0.3 is 10.1 Å². The van der Waals surface area contributed by atoms with E-state index >= 15 is 0 Å². The second kappa shape index (κ2) is 9.71. The molecule has 0 spiro atoms. The number of esters is 1. The van der Waals surface area contributed by atoms with Gasteiger partial charge in [-0.1, -0.05) is 17.7 Å². The average Bonchev–Trinajstić information content (AvgIpc) is 2.72. The van der Waals surface area contributed by atoms with Crippen molar-refractivity contribution >= 4 is 27.6 Å². The molecule has 2 rings (SSSR count). The minimum absolute atomic E-state index is 0.163. The van der Waals surface area contributed by atoms with Gasteiger partial charge in [-0.15, -0.1) is 0 Å². The molecule has 1 N–H and O–H groups in total. The van der Waals surface area contributed by atoms with Crippen molar-refractivity contribution in [1.82, 2.24) is 5.32 Å². The Morgan fingerprint density at radius 3 is 2.31 bits per heavy atom. The first kappa shape index (κ1) is 21.9. The standard InChI is InChI=1S/C20H21N3O5S/c1-15-4-10-18(11-5-15)29(26,27)23(2)17-8-6-16(7-9-17)20(25)28-14-19(24)22-13-3-12-21/h4-11H,3,13-14H2,1-2H3,(H,22,24). The van der Waals surface area contributed by atoms with Crippen molar-refractivity contribution in [2.24, 2.45) is 0 Å². The molecule has 29 heavy (non-hydrogen) atoms. The summed E-state index contributed by atoms with van der Waals surface area (Å²) in [4.78, 5) is 23.7. The van der Waals surface area contributed by atoms with E-state index in [1.807, 2.05) is 13.0 Å². The number of carbonyl (C=O) groups excluding carboxylic acids is 2. The number of sulfonamides is 1. The molecule has 0 heterocycles. The number of anilines is 1. The van der Waals surface area contributed by atoms with Gasteiger partial charge in [0.25, 0.3) is 15.9 Å². The molecule has 8 nitrogen and oxygen atoms in total. The molecule has 9 heteroatoms. The van der Waals surface area contributed by atoms with Crippen LogP contribution in [-0.4, -0.2) is 40.5 Å². The van der Waals surface area contributed by atoms with Crippen molar-refractivity contribution in [2.75, 3.05) is 24.5 Å². The Labute approximate surface area is 169 Å². The molecule has 0 saturated carbocycles. The van der Waals surface area contributed by atoms with Crippen molar-refractivity contribution < 1.29 is 22.7 Å². The second-order valence-corrected chi connectivity index (χ2v) is 8.14. The highest BCUT2D eigenvalue weighted by atomic mass is 32.2. The highest BCUT2D eigenvalue weighted by Gasteiger charge is 2.21.